The van der Waals surface area contributed by atoms with E-state index in [0.717, 1.165) is 0 Å². The first-order valence-corrected chi connectivity index (χ1v) is 5.67. The molecule has 0 aliphatic heterocycles. The molecule has 0 aromatic carbocycles. The zero-order valence-corrected chi connectivity index (χ0v) is 6.64. The first kappa shape index (κ1) is 11.3. The summed E-state index contributed by atoms with van der Waals surface area (Å²) in [6.45, 7) is 0. The van der Waals surface area contributed by atoms with Gasteiger partial charge >= 0.3 is 51.4 Å². The van der Waals surface area contributed by atoms with Crippen LogP contribution in [-0.4, -0.2) is 73.4 Å². The number of rotatable bonds is 1. The Bertz CT molecular complexity index is 190. The minimum atomic E-state index is -1.89. The van der Waals surface area contributed by atoms with Gasteiger partial charge in [0.05, 0.1) is 0 Å². The molecule has 0 saturated carbocycles. The van der Waals surface area contributed by atoms with Crippen LogP contribution < -0.4 is 0 Å². The topological polar surface area (TPSA) is 17.1 Å². The SMILES string of the molecule is C[SH](C)(=O)C1C=CC=C1.[KH]. The molecule has 1 nitrogen and oxygen atoms in total. The molecule has 0 aromatic rings. The second kappa shape index (κ2) is 4.33. The van der Waals surface area contributed by atoms with Gasteiger partial charge in [-0.25, -0.2) is 0 Å². The van der Waals surface area contributed by atoms with Gasteiger partial charge in [0.2, 0.25) is 0 Å². The van der Waals surface area contributed by atoms with Gasteiger partial charge in [-0.2, -0.15) is 0 Å². The molecule has 54 valence electrons. The van der Waals surface area contributed by atoms with Crippen LogP contribution in [0.2, 0.25) is 0 Å². The van der Waals surface area contributed by atoms with Crippen molar-refractivity contribution in [3.8, 4) is 0 Å². The van der Waals surface area contributed by atoms with Crippen molar-refractivity contribution in [1.29, 1.82) is 0 Å². The predicted octanol–water partition coefficient (Wildman–Crippen LogP) is 0.109. The van der Waals surface area contributed by atoms with E-state index in [-0.39, 0.29) is 56.6 Å². The van der Waals surface area contributed by atoms with Crippen LogP contribution in [0.3, 0.4) is 0 Å². The Morgan fingerprint density at radius 2 is 1.60 bits per heavy atom. The van der Waals surface area contributed by atoms with Crippen LogP contribution in [0.15, 0.2) is 24.3 Å². The average molecular weight is 184 g/mol. The van der Waals surface area contributed by atoms with Crippen molar-refractivity contribution in [2.45, 2.75) is 5.25 Å². The van der Waals surface area contributed by atoms with Gasteiger partial charge < -0.3 is 0 Å². The monoisotopic (exact) mass is 184 g/mol. The maximum atomic E-state index is 11.3. The van der Waals surface area contributed by atoms with Crippen molar-refractivity contribution < 1.29 is 4.21 Å². The van der Waals surface area contributed by atoms with Crippen LogP contribution in [0.25, 0.3) is 0 Å². The molecule has 0 N–H and O–H groups in total. The van der Waals surface area contributed by atoms with E-state index in [2.05, 4.69) is 0 Å². The molecule has 0 amide bonds. The first-order chi connectivity index (χ1) is 4.11. The molecule has 0 heterocycles. The third-order valence-corrected chi connectivity index (χ3v) is 3.23. The third-order valence-electron chi connectivity index (χ3n) is 1.45. The molecule has 1 rings (SSSR count). The molecule has 0 aromatic heterocycles. The number of hydrogen-bond acceptors (Lipinski definition) is 1. The molecule has 0 fully saturated rings. The molecule has 10 heavy (non-hydrogen) atoms. The zero-order chi connectivity index (χ0) is 6.91. The van der Waals surface area contributed by atoms with E-state index in [1.54, 1.807) is 0 Å². The summed E-state index contributed by atoms with van der Waals surface area (Å²) in [7, 11) is -1.89. The van der Waals surface area contributed by atoms with Crippen molar-refractivity contribution in [2.24, 2.45) is 0 Å². The fourth-order valence-electron chi connectivity index (χ4n) is 0.835. The van der Waals surface area contributed by atoms with Crippen LogP contribution in [0.4, 0.5) is 0 Å². The van der Waals surface area contributed by atoms with Crippen molar-refractivity contribution in [1.82, 2.24) is 0 Å². The van der Waals surface area contributed by atoms with Gasteiger partial charge in [0.25, 0.3) is 0 Å². The quantitative estimate of drug-likeness (QED) is 0.452. The molecule has 0 saturated heterocycles. The van der Waals surface area contributed by atoms with Gasteiger partial charge in [-0.1, -0.05) is 34.2 Å². The third kappa shape index (κ3) is 3.11. The van der Waals surface area contributed by atoms with Gasteiger partial charge in [0.15, 0.2) is 0 Å². The Morgan fingerprint density at radius 1 is 1.20 bits per heavy atom. The van der Waals surface area contributed by atoms with Gasteiger partial charge in [-0.05, 0) is 12.5 Å². The molecule has 0 unspecified atom stereocenters. The Kier molecular flexibility index (Phi) is 4.88. The van der Waals surface area contributed by atoms with E-state index in [9.17, 15) is 4.21 Å². The minimum absolute atomic E-state index is 0. The molecule has 1 aliphatic carbocycles. The van der Waals surface area contributed by atoms with E-state index in [1.165, 1.54) is 0 Å². The van der Waals surface area contributed by atoms with E-state index in [1.807, 2.05) is 36.8 Å². The molecule has 0 spiro atoms. The zero-order valence-electron chi connectivity index (χ0n) is 5.74. The maximum absolute atomic E-state index is 11.3. The Balaban J connectivity index is 0.000000810. The fraction of sp³-hybridized carbons (Fsp3) is 0.429. The van der Waals surface area contributed by atoms with Crippen LogP contribution in [0, 0.1) is 0 Å². The van der Waals surface area contributed by atoms with Crippen LogP contribution in [-0.2, 0) is 9.93 Å². The average Bonchev–Trinajstić information content (AvgIpc) is 2.08. The van der Waals surface area contributed by atoms with Crippen molar-refractivity contribution in [3.05, 3.63) is 24.3 Å². The summed E-state index contributed by atoms with van der Waals surface area (Å²) >= 11 is 0. The summed E-state index contributed by atoms with van der Waals surface area (Å²) in [4.78, 5) is 0. The Hall–Kier alpha value is 1.27. The van der Waals surface area contributed by atoms with Crippen molar-refractivity contribution >= 4 is 61.3 Å². The summed E-state index contributed by atoms with van der Waals surface area (Å²) in [6, 6.07) is 0. The molecular formula is C7H13KOS. The van der Waals surface area contributed by atoms with E-state index >= 15 is 0 Å². The van der Waals surface area contributed by atoms with Crippen molar-refractivity contribution in [3.63, 3.8) is 0 Å². The van der Waals surface area contributed by atoms with Gasteiger partial charge in [-0.15, -0.1) is 0 Å². The summed E-state index contributed by atoms with van der Waals surface area (Å²) in [6.07, 6.45) is 11.5. The van der Waals surface area contributed by atoms with E-state index in [0.29, 0.717) is 0 Å². The number of allylic oxidation sites excluding steroid dienone is 2. The molecular weight excluding hydrogens is 171 g/mol. The molecule has 0 bridgehead atoms. The molecule has 0 atom stereocenters. The van der Waals surface area contributed by atoms with E-state index < -0.39 is 9.93 Å². The van der Waals surface area contributed by atoms with E-state index in [4.69, 9.17) is 0 Å². The summed E-state index contributed by atoms with van der Waals surface area (Å²) < 4.78 is 11.3. The Morgan fingerprint density at radius 3 is 1.80 bits per heavy atom. The van der Waals surface area contributed by atoms with Crippen LogP contribution >= 0.6 is 0 Å². The van der Waals surface area contributed by atoms with Gasteiger partial charge in [0.1, 0.15) is 0 Å². The first-order valence-electron chi connectivity index (χ1n) is 3.00. The second-order valence-corrected chi connectivity index (χ2v) is 6.16. The second-order valence-electron chi connectivity index (χ2n) is 2.69. The molecule has 3 heteroatoms. The summed E-state index contributed by atoms with van der Waals surface area (Å²) in [5.74, 6) is 0. The number of thiol groups is 1. The normalized spacial score (nSPS) is 19.0. The molecule has 0 radical (unpaired) electrons. The summed E-state index contributed by atoms with van der Waals surface area (Å²) in [5, 5.41) is 0.206. The predicted molar refractivity (Wildman–Crippen MR) is 50.6 cm³/mol. The fourth-order valence-corrected chi connectivity index (χ4v) is 1.86. The molecule has 1 aliphatic rings. The summed E-state index contributed by atoms with van der Waals surface area (Å²) in [5.41, 5.74) is 0. The van der Waals surface area contributed by atoms with Gasteiger partial charge in [-0.3, -0.25) is 4.21 Å². The number of hydrogen-bond donors (Lipinski definition) is 1. The van der Waals surface area contributed by atoms with Crippen LogP contribution in [0.5, 0.6) is 0 Å². The standard InChI is InChI=1S/C7H12OS.K.H/c1-9(2,8)7-5-3-4-6-7;;/h3-7,9H,1-2H3;;. The van der Waals surface area contributed by atoms with Crippen molar-refractivity contribution in [2.75, 3.05) is 12.5 Å². The van der Waals surface area contributed by atoms with Crippen LogP contribution in [0.1, 0.15) is 0 Å². The van der Waals surface area contributed by atoms with Gasteiger partial charge in [0, 0.05) is 5.25 Å². The Labute approximate surface area is 106 Å².